The summed E-state index contributed by atoms with van der Waals surface area (Å²) in [6.45, 7) is 3.81. The van der Waals surface area contributed by atoms with Crippen LogP contribution in [-0.4, -0.2) is 58.2 Å². The molecule has 0 unspecified atom stereocenters. The van der Waals surface area contributed by atoms with Gasteiger partial charge in [-0.3, -0.25) is 14.9 Å². The number of rotatable bonds is 5. The highest BCUT2D eigenvalue weighted by Crippen LogP contribution is 2.26. The van der Waals surface area contributed by atoms with Gasteiger partial charge < -0.3 is 9.64 Å². The lowest BCUT2D eigenvalue weighted by atomic mass is 9.88. The van der Waals surface area contributed by atoms with Gasteiger partial charge in [0, 0.05) is 60.6 Å². The number of nitrogens with zero attached hydrogens (tertiary/aromatic N) is 3. The van der Waals surface area contributed by atoms with Crippen molar-refractivity contribution < 1.29 is 9.53 Å². The quantitative estimate of drug-likeness (QED) is 0.703. The van der Waals surface area contributed by atoms with Crippen molar-refractivity contribution in [1.29, 1.82) is 0 Å². The zero-order valence-electron chi connectivity index (χ0n) is 17.2. The predicted molar refractivity (Wildman–Crippen MR) is 116 cm³/mol. The van der Waals surface area contributed by atoms with E-state index in [4.69, 9.17) is 4.74 Å². The smallest absolute Gasteiger partial charge is 0.142 e. The molecule has 2 fully saturated rings. The number of piperidine rings is 1. The van der Waals surface area contributed by atoms with Gasteiger partial charge in [0.2, 0.25) is 0 Å². The molecule has 5 rings (SSSR count). The lowest BCUT2D eigenvalue weighted by molar-refractivity contribution is -0.124. The SMILES string of the molecule is O=C(Cc1cc2cc(-c3cn[nH]c3)ccc2cn1)C1CCN(C2CCOCC2)CC1. The molecule has 0 bridgehead atoms. The molecule has 6 nitrogen and oxygen atoms in total. The standard InChI is InChI=1S/C24H28N4O2/c29-24(17-3-7-28(8-4-17)23-5-9-30-10-6-23)13-22-12-20-11-18(21-15-26-27-16-21)1-2-19(20)14-25-22/h1-2,11-12,14-17,23H,3-10,13H2,(H,26,27). The molecule has 1 aromatic carbocycles. The molecule has 1 N–H and O–H groups in total. The second-order valence-corrected chi connectivity index (χ2v) is 8.52. The molecule has 2 aliphatic rings. The van der Waals surface area contributed by atoms with Crippen LogP contribution in [0.25, 0.3) is 21.9 Å². The summed E-state index contributed by atoms with van der Waals surface area (Å²) in [7, 11) is 0. The van der Waals surface area contributed by atoms with E-state index in [1.807, 2.05) is 18.6 Å². The Balaban J connectivity index is 1.23. The van der Waals surface area contributed by atoms with Crippen molar-refractivity contribution in [2.75, 3.05) is 26.3 Å². The number of fused-ring (bicyclic) bond motifs is 1. The third-order valence-electron chi connectivity index (χ3n) is 6.66. The molecule has 0 amide bonds. The van der Waals surface area contributed by atoms with E-state index < -0.39 is 0 Å². The lowest BCUT2D eigenvalue weighted by Gasteiger charge is -2.38. The van der Waals surface area contributed by atoms with Crippen LogP contribution in [0.2, 0.25) is 0 Å². The molecule has 6 heteroatoms. The molecule has 2 aromatic heterocycles. The summed E-state index contributed by atoms with van der Waals surface area (Å²) >= 11 is 0. The fourth-order valence-corrected chi connectivity index (χ4v) is 4.83. The first kappa shape index (κ1) is 19.4. The van der Waals surface area contributed by atoms with E-state index in [-0.39, 0.29) is 5.92 Å². The Morgan fingerprint density at radius 1 is 1.03 bits per heavy atom. The van der Waals surface area contributed by atoms with Crippen molar-refractivity contribution in [1.82, 2.24) is 20.1 Å². The molecule has 0 saturated carbocycles. The fourth-order valence-electron chi connectivity index (χ4n) is 4.83. The zero-order chi connectivity index (χ0) is 20.3. The topological polar surface area (TPSA) is 71.1 Å². The van der Waals surface area contributed by atoms with Gasteiger partial charge in [0.25, 0.3) is 0 Å². The maximum Gasteiger partial charge on any atom is 0.142 e. The maximum absolute atomic E-state index is 12.9. The number of ether oxygens (including phenoxy) is 1. The average Bonchev–Trinajstić information content (AvgIpc) is 3.34. The van der Waals surface area contributed by atoms with Crippen LogP contribution in [0.3, 0.4) is 0 Å². The van der Waals surface area contributed by atoms with E-state index in [1.165, 1.54) is 0 Å². The maximum atomic E-state index is 12.9. The van der Waals surface area contributed by atoms with Gasteiger partial charge in [0.15, 0.2) is 0 Å². The number of likely N-dealkylation sites (tertiary alicyclic amines) is 1. The number of aromatic nitrogens is 3. The molecule has 3 aromatic rings. The van der Waals surface area contributed by atoms with Crippen molar-refractivity contribution in [2.24, 2.45) is 5.92 Å². The van der Waals surface area contributed by atoms with Crippen LogP contribution in [0.4, 0.5) is 0 Å². The number of hydrogen-bond acceptors (Lipinski definition) is 5. The number of benzene rings is 1. The Morgan fingerprint density at radius 3 is 2.63 bits per heavy atom. The number of carbonyl (C=O) groups is 1. The summed E-state index contributed by atoms with van der Waals surface area (Å²) in [5, 5.41) is 9.09. The second-order valence-electron chi connectivity index (χ2n) is 8.52. The Labute approximate surface area is 176 Å². The van der Waals surface area contributed by atoms with Gasteiger partial charge in [-0.25, -0.2) is 0 Å². The highest BCUT2D eigenvalue weighted by molar-refractivity contribution is 5.88. The molecule has 0 aliphatic carbocycles. The highest BCUT2D eigenvalue weighted by atomic mass is 16.5. The van der Waals surface area contributed by atoms with Gasteiger partial charge in [0.05, 0.1) is 6.20 Å². The Morgan fingerprint density at radius 2 is 1.87 bits per heavy atom. The van der Waals surface area contributed by atoms with E-state index in [1.54, 1.807) is 0 Å². The van der Waals surface area contributed by atoms with Crippen molar-refractivity contribution in [3.05, 3.63) is 48.5 Å². The Bertz CT molecular complexity index is 1000. The Hall–Kier alpha value is -2.57. The largest absolute Gasteiger partial charge is 0.381 e. The van der Waals surface area contributed by atoms with Crippen molar-refractivity contribution in [2.45, 2.75) is 38.1 Å². The monoisotopic (exact) mass is 404 g/mol. The highest BCUT2D eigenvalue weighted by Gasteiger charge is 2.29. The van der Waals surface area contributed by atoms with Gasteiger partial charge in [-0.1, -0.05) is 12.1 Å². The number of nitrogens with one attached hydrogen (secondary N) is 1. The minimum atomic E-state index is 0.163. The summed E-state index contributed by atoms with van der Waals surface area (Å²) in [6, 6.07) is 8.99. The third kappa shape index (κ3) is 4.16. The van der Waals surface area contributed by atoms with Crippen LogP contribution in [0.15, 0.2) is 42.9 Å². The van der Waals surface area contributed by atoms with Gasteiger partial charge in [-0.05, 0) is 61.9 Å². The zero-order valence-corrected chi connectivity index (χ0v) is 17.2. The number of carbonyl (C=O) groups excluding carboxylic acids is 1. The minimum Gasteiger partial charge on any atom is -0.381 e. The number of Topliss-reactive ketones (excluding diaryl/α,β-unsaturated/α-hetero) is 1. The molecule has 0 atom stereocenters. The first-order chi connectivity index (χ1) is 14.8. The normalized spacial score (nSPS) is 19.3. The number of H-pyrrole nitrogens is 1. The van der Waals surface area contributed by atoms with E-state index >= 15 is 0 Å². The first-order valence-corrected chi connectivity index (χ1v) is 11.0. The summed E-state index contributed by atoms with van der Waals surface area (Å²) in [4.78, 5) is 20.1. The second kappa shape index (κ2) is 8.66. The van der Waals surface area contributed by atoms with Crippen molar-refractivity contribution >= 4 is 16.6 Å². The third-order valence-corrected chi connectivity index (χ3v) is 6.66. The summed E-state index contributed by atoms with van der Waals surface area (Å²) < 4.78 is 5.48. The van der Waals surface area contributed by atoms with Crippen LogP contribution < -0.4 is 0 Å². The van der Waals surface area contributed by atoms with E-state index in [0.29, 0.717) is 18.2 Å². The van der Waals surface area contributed by atoms with Gasteiger partial charge in [-0.2, -0.15) is 5.10 Å². The fraction of sp³-hybridized carbons (Fsp3) is 0.458. The van der Waals surface area contributed by atoms with Crippen molar-refractivity contribution in [3.8, 4) is 11.1 Å². The number of aromatic amines is 1. The number of hydrogen-bond donors (Lipinski definition) is 1. The lowest BCUT2D eigenvalue weighted by Crippen LogP contribution is -2.45. The molecule has 30 heavy (non-hydrogen) atoms. The first-order valence-electron chi connectivity index (χ1n) is 11.0. The molecular weight excluding hydrogens is 376 g/mol. The predicted octanol–water partition coefficient (Wildman–Crippen LogP) is 3.63. The Kier molecular flexibility index (Phi) is 5.60. The van der Waals surface area contributed by atoms with Crippen LogP contribution >= 0.6 is 0 Å². The van der Waals surface area contributed by atoms with Gasteiger partial charge in [-0.15, -0.1) is 0 Å². The van der Waals surface area contributed by atoms with Crippen molar-refractivity contribution in [3.63, 3.8) is 0 Å². The van der Waals surface area contributed by atoms with Crippen LogP contribution in [0, 0.1) is 5.92 Å². The molecule has 156 valence electrons. The van der Waals surface area contributed by atoms with E-state index in [9.17, 15) is 4.79 Å². The molecule has 0 radical (unpaired) electrons. The van der Waals surface area contributed by atoms with Crippen LogP contribution in [-0.2, 0) is 16.0 Å². The summed E-state index contributed by atoms with van der Waals surface area (Å²) in [5.74, 6) is 0.496. The number of pyridine rings is 1. The van der Waals surface area contributed by atoms with E-state index in [2.05, 4.69) is 44.3 Å². The molecule has 2 aliphatic heterocycles. The summed E-state index contributed by atoms with van der Waals surface area (Å²) in [5.41, 5.74) is 3.03. The number of ketones is 1. The van der Waals surface area contributed by atoms with Crippen LogP contribution in [0.1, 0.15) is 31.4 Å². The average molecular weight is 405 g/mol. The van der Waals surface area contributed by atoms with Crippen LogP contribution in [0.5, 0.6) is 0 Å². The minimum absolute atomic E-state index is 0.163. The molecule has 2 saturated heterocycles. The van der Waals surface area contributed by atoms with Gasteiger partial charge >= 0.3 is 0 Å². The summed E-state index contributed by atoms with van der Waals surface area (Å²) in [6.07, 6.45) is 10.2. The molecule has 0 spiro atoms. The van der Waals surface area contributed by atoms with Gasteiger partial charge in [0.1, 0.15) is 5.78 Å². The molecular formula is C24H28N4O2. The molecule has 4 heterocycles. The van der Waals surface area contributed by atoms with E-state index in [0.717, 1.165) is 79.6 Å².